The van der Waals surface area contributed by atoms with E-state index in [1.807, 2.05) is 0 Å². The first kappa shape index (κ1) is 11.0. The van der Waals surface area contributed by atoms with E-state index in [1.165, 1.54) is 38.4 Å². The van der Waals surface area contributed by atoms with Crippen LogP contribution in [-0.4, -0.2) is 27.0 Å². The number of nitrogens with two attached hydrogens (primary N) is 1. The fraction of sp³-hybridized carbons (Fsp3) is 0.250. The molecule has 78 valence electrons. The monoisotopic (exact) mass is 216 g/mol. The summed E-state index contributed by atoms with van der Waals surface area (Å²) in [5.74, 6) is 0. The first-order valence-electron chi connectivity index (χ1n) is 3.87. The van der Waals surface area contributed by atoms with E-state index < -0.39 is 10.0 Å². The third-order valence-electron chi connectivity index (χ3n) is 1.77. The van der Waals surface area contributed by atoms with Gasteiger partial charge in [0.1, 0.15) is 0 Å². The van der Waals surface area contributed by atoms with Crippen LogP contribution in [-0.2, 0) is 14.9 Å². The van der Waals surface area contributed by atoms with Gasteiger partial charge < -0.3 is 5.73 Å². The standard InChI is InChI=1S/C8H12N2O3S/c1-10(13-2)14(11,12)8-5-3-7(9)4-6-8/h3-6H,9H2,1-2H3. The van der Waals surface area contributed by atoms with Crippen LogP contribution in [0.5, 0.6) is 0 Å². The highest BCUT2D eigenvalue weighted by Gasteiger charge is 2.19. The van der Waals surface area contributed by atoms with Crippen molar-refractivity contribution in [2.45, 2.75) is 4.90 Å². The van der Waals surface area contributed by atoms with Gasteiger partial charge in [0.15, 0.2) is 0 Å². The minimum Gasteiger partial charge on any atom is -0.399 e. The average molecular weight is 216 g/mol. The van der Waals surface area contributed by atoms with Crippen LogP contribution in [0.15, 0.2) is 29.2 Å². The van der Waals surface area contributed by atoms with E-state index in [1.54, 1.807) is 0 Å². The Kier molecular flexibility index (Phi) is 3.10. The molecule has 2 N–H and O–H groups in total. The summed E-state index contributed by atoms with van der Waals surface area (Å²) < 4.78 is 24.1. The Labute approximate surface area is 83.1 Å². The molecule has 1 aromatic carbocycles. The molecule has 0 fully saturated rings. The molecule has 6 heteroatoms. The van der Waals surface area contributed by atoms with Crippen LogP contribution in [0.1, 0.15) is 0 Å². The maximum Gasteiger partial charge on any atom is 0.264 e. The van der Waals surface area contributed by atoms with Gasteiger partial charge >= 0.3 is 0 Å². The van der Waals surface area contributed by atoms with Gasteiger partial charge in [-0.3, -0.25) is 4.84 Å². The Morgan fingerprint density at radius 1 is 1.29 bits per heavy atom. The molecular formula is C8H12N2O3S. The third kappa shape index (κ3) is 2.03. The summed E-state index contributed by atoms with van der Waals surface area (Å²) in [5, 5.41) is 0. The number of hydrogen-bond donors (Lipinski definition) is 1. The van der Waals surface area contributed by atoms with E-state index in [0.717, 1.165) is 4.47 Å². The summed E-state index contributed by atoms with van der Waals surface area (Å²) in [6.45, 7) is 0. The summed E-state index contributed by atoms with van der Waals surface area (Å²) >= 11 is 0. The second-order valence-corrected chi connectivity index (χ2v) is 4.60. The Balaban J connectivity index is 3.11. The van der Waals surface area contributed by atoms with Crippen molar-refractivity contribution in [2.75, 3.05) is 19.9 Å². The topological polar surface area (TPSA) is 72.6 Å². The maximum atomic E-state index is 11.6. The predicted molar refractivity (Wildman–Crippen MR) is 52.8 cm³/mol. The maximum absolute atomic E-state index is 11.6. The van der Waals surface area contributed by atoms with Crippen molar-refractivity contribution in [3.63, 3.8) is 0 Å². The molecule has 1 aromatic rings. The molecule has 0 unspecified atom stereocenters. The molecule has 0 bridgehead atoms. The average Bonchev–Trinajstić information content (AvgIpc) is 2.17. The molecule has 0 aromatic heterocycles. The van der Waals surface area contributed by atoms with Gasteiger partial charge in [-0.15, -0.1) is 0 Å². The molecule has 0 aliphatic heterocycles. The zero-order chi connectivity index (χ0) is 10.8. The molecule has 5 nitrogen and oxygen atoms in total. The molecule has 1 rings (SSSR count). The number of anilines is 1. The first-order valence-corrected chi connectivity index (χ1v) is 5.31. The molecule has 0 aliphatic carbocycles. The minimum atomic E-state index is -3.55. The molecule has 0 heterocycles. The molecule has 0 saturated carbocycles. The van der Waals surface area contributed by atoms with Crippen molar-refractivity contribution < 1.29 is 13.3 Å². The van der Waals surface area contributed by atoms with Gasteiger partial charge in [0.2, 0.25) is 0 Å². The number of nitrogens with zero attached hydrogens (tertiary/aromatic N) is 1. The zero-order valence-electron chi connectivity index (χ0n) is 7.97. The smallest absolute Gasteiger partial charge is 0.264 e. The number of hydrogen-bond acceptors (Lipinski definition) is 4. The molecule has 0 spiro atoms. The highest BCUT2D eigenvalue weighted by Crippen LogP contribution is 2.15. The Morgan fingerprint density at radius 3 is 2.21 bits per heavy atom. The second kappa shape index (κ2) is 3.95. The van der Waals surface area contributed by atoms with Crippen molar-refractivity contribution >= 4 is 15.7 Å². The lowest BCUT2D eigenvalue weighted by Gasteiger charge is -2.13. The van der Waals surface area contributed by atoms with Gasteiger partial charge in [-0.2, -0.15) is 0 Å². The lowest BCUT2D eigenvalue weighted by molar-refractivity contribution is -0.0258. The van der Waals surface area contributed by atoms with Crippen LogP contribution < -0.4 is 5.73 Å². The van der Waals surface area contributed by atoms with E-state index in [9.17, 15) is 8.42 Å². The number of sulfonamides is 1. The van der Waals surface area contributed by atoms with Gasteiger partial charge in [0.05, 0.1) is 12.0 Å². The van der Waals surface area contributed by atoms with E-state index in [0.29, 0.717) is 5.69 Å². The largest absolute Gasteiger partial charge is 0.399 e. The first-order chi connectivity index (χ1) is 6.48. The van der Waals surface area contributed by atoms with Gasteiger partial charge in [-0.1, -0.05) is 4.47 Å². The van der Waals surface area contributed by atoms with Crippen LogP contribution in [0.3, 0.4) is 0 Å². The van der Waals surface area contributed by atoms with Crippen molar-refractivity contribution in [2.24, 2.45) is 0 Å². The van der Waals surface area contributed by atoms with E-state index in [4.69, 9.17) is 5.73 Å². The van der Waals surface area contributed by atoms with Crippen LogP contribution in [0.25, 0.3) is 0 Å². The third-order valence-corrected chi connectivity index (χ3v) is 3.47. The summed E-state index contributed by atoms with van der Waals surface area (Å²) in [5.41, 5.74) is 5.96. The summed E-state index contributed by atoms with van der Waals surface area (Å²) in [7, 11) is -0.939. The van der Waals surface area contributed by atoms with Crippen molar-refractivity contribution in [1.82, 2.24) is 4.47 Å². The van der Waals surface area contributed by atoms with Gasteiger partial charge in [0, 0.05) is 12.7 Å². The predicted octanol–water partition coefficient (Wildman–Crippen LogP) is 0.451. The van der Waals surface area contributed by atoms with Gasteiger partial charge in [0.25, 0.3) is 10.0 Å². The summed E-state index contributed by atoms with van der Waals surface area (Å²) in [6.07, 6.45) is 0. The van der Waals surface area contributed by atoms with E-state index in [2.05, 4.69) is 4.84 Å². The van der Waals surface area contributed by atoms with E-state index in [-0.39, 0.29) is 4.90 Å². The Bertz CT molecular complexity index is 399. The van der Waals surface area contributed by atoms with Crippen LogP contribution >= 0.6 is 0 Å². The van der Waals surface area contributed by atoms with Crippen LogP contribution in [0.4, 0.5) is 5.69 Å². The fourth-order valence-corrected chi connectivity index (χ4v) is 1.86. The van der Waals surface area contributed by atoms with Crippen LogP contribution in [0.2, 0.25) is 0 Å². The molecule has 14 heavy (non-hydrogen) atoms. The fourth-order valence-electron chi connectivity index (χ4n) is 0.886. The SMILES string of the molecule is CON(C)S(=O)(=O)c1ccc(N)cc1. The van der Waals surface area contributed by atoms with E-state index >= 15 is 0 Å². The minimum absolute atomic E-state index is 0.149. The van der Waals surface area contributed by atoms with Crippen molar-refractivity contribution in [3.8, 4) is 0 Å². The molecule has 0 amide bonds. The Morgan fingerprint density at radius 2 is 1.79 bits per heavy atom. The van der Waals surface area contributed by atoms with Gasteiger partial charge in [-0.25, -0.2) is 8.42 Å². The number of nitrogen functional groups attached to an aromatic ring is 1. The van der Waals surface area contributed by atoms with Crippen molar-refractivity contribution in [1.29, 1.82) is 0 Å². The highest BCUT2D eigenvalue weighted by molar-refractivity contribution is 7.89. The summed E-state index contributed by atoms with van der Waals surface area (Å²) in [6, 6.07) is 5.91. The number of hydroxylamine groups is 1. The lowest BCUT2D eigenvalue weighted by Crippen LogP contribution is -2.25. The Hall–Kier alpha value is -1.11. The second-order valence-electron chi connectivity index (χ2n) is 2.67. The molecule has 0 saturated heterocycles. The molecule has 0 radical (unpaired) electrons. The number of benzene rings is 1. The van der Waals surface area contributed by atoms with Gasteiger partial charge in [-0.05, 0) is 24.3 Å². The molecular weight excluding hydrogens is 204 g/mol. The van der Waals surface area contributed by atoms with Crippen LogP contribution in [0, 0.1) is 0 Å². The molecule has 0 atom stereocenters. The highest BCUT2D eigenvalue weighted by atomic mass is 32.2. The quantitative estimate of drug-likeness (QED) is 0.588. The summed E-state index contributed by atoms with van der Waals surface area (Å²) in [4.78, 5) is 4.76. The van der Waals surface area contributed by atoms with Crippen molar-refractivity contribution in [3.05, 3.63) is 24.3 Å². The number of rotatable bonds is 3. The lowest BCUT2D eigenvalue weighted by atomic mass is 10.3. The zero-order valence-corrected chi connectivity index (χ0v) is 8.78. The molecule has 0 aliphatic rings. The normalized spacial score (nSPS) is 11.9.